The lowest BCUT2D eigenvalue weighted by Gasteiger charge is -2.20. The Morgan fingerprint density at radius 3 is 2.68 bits per heavy atom. The van der Waals surface area contributed by atoms with Gasteiger partial charge in [-0.15, -0.1) is 0 Å². The highest BCUT2D eigenvalue weighted by atomic mass is 32.2. The third-order valence-electron chi connectivity index (χ3n) is 6.16. The minimum absolute atomic E-state index is 0.00715. The van der Waals surface area contributed by atoms with Crippen molar-refractivity contribution < 1.29 is 9.53 Å². The minimum atomic E-state index is -0.445. The van der Waals surface area contributed by atoms with E-state index in [1.807, 2.05) is 54.7 Å². The Bertz CT molecular complexity index is 1630. The number of aromatic nitrogens is 1. The molecule has 6 rings (SSSR count). The minimum Gasteiger partial charge on any atom is -0.487 e. The molecular weight excluding hydrogens is 482 g/mol. The maximum absolute atomic E-state index is 13.0. The van der Waals surface area contributed by atoms with E-state index in [9.17, 15) is 4.79 Å². The molecule has 182 valence electrons. The van der Waals surface area contributed by atoms with Gasteiger partial charge in [-0.3, -0.25) is 10.2 Å². The highest BCUT2D eigenvalue weighted by molar-refractivity contribution is 8.27. The molecule has 0 saturated heterocycles. The van der Waals surface area contributed by atoms with Gasteiger partial charge >= 0.3 is 0 Å². The van der Waals surface area contributed by atoms with Crippen LogP contribution in [-0.4, -0.2) is 38.1 Å². The van der Waals surface area contributed by atoms with Crippen molar-refractivity contribution in [3.63, 3.8) is 0 Å². The zero-order chi connectivity index (χ0) is 25.4. The number of amidine groups is 2. The molecule has 0 unspecified atom stereocenters. The summed E-state index contributed by atoms with van der Waals surface area (Å²) in [7, 11) is 0. The van der Waals surface area contributed by atoms with E-state index in [2.05, 4.69) is 51.9 Å². The van der Waals surface area contributed by atoms with Gasteiger partial charge in [0.25, 0.3) is 5.91 Å². The topological polar surface area (TPSA) is 83.0 Å². The summed E-state index contributed by atoms with van der Waals surface area (Å²) in [6.07, 6.45) is 3.78. The second-order valence-corrected chi connectivity index (χ2v) is 9.87. The summed E-state index contributed by atoms with van der Waals surface area (Å²) in [6, 6.07) is 26.0. The van der Waals surface area contributed by atoms with Crippen molar-refractivity contribution in [1.82, 2.24) is 9.58 Å². The molecule has 0 atom stereocenters. The first-order valence-electron chi connectivity index (χ1n) is 11.9. The molecule has 0 spiro atoms. The van der Waals surface area contributed by atoms with E-state index >= 15 is 0 Å². The van der Waals surface area contributed by atoms with Gasteiger partial charge in [0.1, 0.15) is 17.4 Å². The fourth-order valence-electron chi connectivity index (χ4n) is 4.44. The first-order valence-corrected chi connectivity index (χ1v) is 12.7. The van der Waals surface area contributed by atoms with Crippen LogP contribution in [0.5, 0.6) is 5.75 Å². The molecule has 0 radical (unpaired) electrons. The molecule has 7 nitrogen and oxygen atoms in total. The van der Waals surface area contributed by atoms with Gasteiger partial charge in [0, 0.05) is 29.2 Å². The number of ether oxygens (including phenoxy) is 1. The predicted molar refractivity (Wildman–Crippen MR) is 149 cm³/mol. The number of amides is 1. The van der Waals surface area contributed by atoms with Gasteiger partial charge < -0.3 is 9.30 Å². The van der Waals surface area contributed by atoms with Gasteiger partial charge in [-0.25, -0.2) is 0 Å². The number of hydrogen-bond donors (Lipinski definition) is 1. The van der Waals surface area contributed by atoms with Crippen molar-refractivity contribution in [3.8, 4) is 5.75 Å². The van der Waals surface area contributed by atoms with Gasteiger partial charge in [0.2, 0.25) is 5.17 Å². The fourth-order valence-corrected chi connectivity index (χ4v) is 5.23. The molecule has 2 aliphatic rings. The average molecular weight is 506 g/mol. The molecule has 0 saturated carbocycles. The van der Waals surface area contributed by atoms with Crippen LogP contribution in [0.2, 0.25) is 0 Å². The molecule has 0 fully saturated rings. The zero-order valence-corrected chi connectivity index (χ0v) is 20.9. The lowest BCUT2D eigenvalue weighted by Crippen LogP contribution is -2.35. The summed E-state index contributed by atoms with van der Waals surface area (Å²) in [6.45, 7) is 3.02. The van der Waals surface area contributed by atoms with E-state index in [0.29, 0.717) is 16.8 Å². The Hall–Kier alpha value is -4.43. The second kappa shape index (κ2) is 9.55. The highest BCUT2D eigenvalue weighted by Crippen LogP contribution is 2.30. The first-order chi connectivity index (χ1) is 18.0. The molecule has 1 N–H and O–H groups in total. The van der Waals surface area contributed by atoms with Gasteiger partial charge in [-0.05, 0) is 48.5 Å². The Morgan fingerprint density at radius 1 is 1.03 bits per heavy atom. The Labute approximate surface area is 218 Å². The number of rotatable bonds is 6. The molecule has 3 heterocycles. The molecular formula is C29H23N5O2S. The van der Waals surface area contributed by atoms with Crippen molar-refractivity contribution in [2.75, 3.05) is 6.61 Å². The normalized spacial score (nSPS) is 16.2. The van der Waals surface area contributed by atoms with E-state index < -0.39 is 5.91 Å². The number of hydrazone groups is 1. The molecule has 4 aromatic rings. The summed E-state index contributed by atoms with van der Waals surface area (Å²) in [5.41, 5.74) is 4.54. The number of carbonyl (C=O) groups excluding carboxylic acids is 1. The molecule has 1 amide bonds. The summed E-state index contributed by atoms with van der Waals surface area (Å²) in [5, 5.41) is 16.7. The summed E-state index contributed by atoms with van der Waals surface area (Å²) < 4.78 is 7.95. The van der Waals surface area contributed by atoms with E-state index in [0.717, 1.165) is 22.2 Å². The summed E-state index contributed by atoms with van der Waals surface area (Å²) in [5.74, 6) is 0.291. The predicted octanol–water partition coefficient (Wildman–Crippen LogP) is 5.70. The molecule has 0 bridgehead atoms. The Balaban J connectivity index is 1.29. The molecule has 3 aromatic carbocycles. The van der Waals surface area contributed by atoms with Crippen LogP contribution in [-0.2, 0) is 11.3 Å². The van der Waals surface area contributed by atoms with Crippen LogP contribution in [0.15, 0.2) is 101 Å². The number of nitrogens with one attached hydrogen (secondary N) is 1. The first kappa shape index (κ1) is 23.0. The number of carbonyl (C=O) groups is 1. The molecule has 0 aliphatic carbocycles. The van der Waals surface area contributed by atoms with Gasteiger partial charge in [-0.2, -0.15) is 15.1 Å². The Kier molecular flexibility index (Phi) is 5.94. The lowest BCUT2D eigenvalue weighted by molar-refractivity contribution is -0.114. The number of aliphatic imine (C=N–C) groups is 1. The zero-order valence-electron chi connectivity index (χ0n) is 20.1. The van der Waals surface area contributed by atoms with E-state index in [1.54, 1.807) is 6.08 Å². The fraction of sp³-hybridized carbons (Fsp3) is 0.103. The van der Waals surface area contributed by atoms with Gasteiger partial charge in [-0.1, -0.05) is 66.2 Å². The van der Waals surface area contributed by atoms with Crippen LogP contribution in [0.4, 0.5) is 0 Å². The number of hydrogen-bond acceptors (Lipinski definition) is 5. The Morgan fingerprint density at radius 2 is 1.84 bits per heavy atom. The van der Waals surface area contributed by atoms with Crippen molar-refractivity contribution in [2.24, 2.45) is 10.1 Å². The third kappa shape index (κ3) is 4.59. The van der Waals surface area contributed by atoms with Gasteiger partial charge in [0.05, 0.1) is 5.57 Å². The maximum atomic E-state index is 13.0. The number of aryl methyl sites for hydroxylation is 1. The van der Waals surface area contributed by atoms with E-state index in [1.165, 1.54) is 27.9 Å². The van der Waals surface area contributed by atoms with E-state index in [4.69, 9.17) is 10.1 Å². The van der Waals surface area contributed by atoms with Gasteiger partial charge in [0.15, 0.2) is 5.84 Å². The number of nitrogens with zero attached hydrogens (tertiary/aromatic N) is 4. The van der Waals surface area contributed by atoms with E-state index in [-0.39, 0.29) is 18.0 Å². The average Bonchev–Trinajstić information content (AvgIpc) is 3.47. The molecule has 2 aliphatic heterocycles. The monoisotopic (exact) mass is 505 g/mol. The summed E-state index contributed by atoms with van der Waals surface area (Å²) in [4.78, 5) is 17.2. The number of benzene rings is 3. The van der Waals surface area contributed by atoms with Crippen LogP contribution in [0.25, 0.3) is 17.0 Å². The maximum Gasteiger partial charge on any atom is 0.283 e. The molecule has 1 aromatic heterocycles. The SMILES string of the molecule is Cc1cccc(Cn2cc(/C=C3/C(=N)N4N=C(COc5ccccc5)SC4=NC3=O)c3ccccc32)c1. The van der Waals surface area contributed by atoms with Crippen molar-refractivity contribution in [3.05, 3.63) is 107 Å². The summed E-state index contributed by atoms with van der Waals surface area (Å²) >= 11 is 1.25. The number of fused-ring (bicyclic) bond motifs is 2. The lowest BCUT2D eigenvalue weighted by atomic mass is 10.1. The van der Waals surface area contributed by atoms with Crippen LogP contribution in [0, 0.1) is 12.3 Å². The molecule has 8 heteroatoms. The molecule has 37 heavy (non-hydrogen) atoms. The highest BCUT2D eigenvalue weighted by Gasteiger charge is 2.36. The van der Waals surface area contributed by atoms with Crippen LogP contribution < -0.4 is 4.74 Å². The van der Waals surface area contributed by atoms with Crippen LogP contribution in [0.3, 0.4) is 0 Å². The second-order valence-electron chi connectivity index (χ2n) is 8.83. The standard InChI is InChI=1S/C29H23N5O2S/c1-19-8-7-9-20(14-19)16-33-17-21(23-12-5-6-13-25(23)33)15-24-27(30)34-29(31-28(24)35)37-26(32-34)18-36-22-10-3-2-4-11-22/h2-15,17,30H,16,18H2,1H3/b24-15-,30-27?. The number of thioether (sulfide) groups is 1. The quantitative estimate of drug-likeness (QED) is 0.341. The number of para-hydroxylation sites is 2. The van der Waals surface area contributed by atoms with Crippen LogP contribution >= 0.6 is 11.8 Å². The van der Waals surface area contributed by atoms with Crippen molar-refractivity contribution in [2.45, 2.75) is 13.5 Å². The smallest absolute Gasteiger partial charge is 0.283 e. The van der Waals surface area contributed by atoms with Crippen molar-refractivity contribution in [1.29, 1.82) is 5.41 Å². The largest absolute Gasteiger partial charge is 0.487 e. The third-order valence-corrected chi connectivity index (χ3v) is 7.04. The van der Waals surface area contributed by atoms with Crippen LogP contribution in [0.1, 0.15) is 16.7 Å². The van der Waals surface area contributed by atoms with Crippen molar-refractivity contribution >= 4 is 50.7 Å².